The highest BCUT2D eigenvalue weighted by atomic mass is 16.4. The van der Waals surface area contributed by atoms with Crippen LogP contribution in [0.5, 0.6) is 0 Å². The van der Waals surface area contributed by atoms with Crippen molar-refractivity contribution in [3.05, 3.63) is 48.0 Å². The molecule has 3 atom stereocenters. The van der Waals surface area contributed by atoms with Crippen molar-refractivity contribution in [1.29, 1.82) is 0 Å². The first-order valence-electron chi connectivity index (χ1n) is 9.18. The van der Waals surface area contributed by atoms with Gasteiger partial charge < -0.3 is 5.11 Å². The summed E-state index contributed by atoms with van der Waals surface area (Å²) in [5.74, 6) is -0.0423. The summed E-state index contributed by atoms with van der Waals surface area (Å²) in [5.41, 5.74) is 1.30. The third-order valence-electron chi connectivity index (χ3n) is 5.98. The van der Waals surface area contributed by atoms with Crippen LogP contribution in [0.4, 0.5) is 0 Å². The molecule has 1 saturated carbocycles. The fraction of sp³-hybridized carbons (Fsp3) is 0.476. The minimum absolute atomic E-state index is 0.279. The average molecular weight is 323 g/mol. The van der Waals surface area contributed by atoms with Crippen molar-refractivity contribution >= 4 is 16.7 Å². The fourth-order valence-electron chi connectivity index (χ4n) is 4.77. The van der Waals surface area contributed by atoms with Gasteiger partial charge in [0.2, 0.25) is 0 Å². The molecule has 0 amide bonds. The van der Waals surface area contributed by atoms with Crippen LogP contribution in [-0.2, 0) is 11.2 Å². The van der Waals surface area contributed by atoms with Crippen LogP contribution in [0, 0.1) is 5.92 Å². The number of carbonyl (C=O) groups is 1. The SMILES string of the molecule is O=C(O)C1CC2CCCCC2N1CCc1ccc2ccccc2c1. The maximum Gasteiger partial charge on any atom is 0.320 e. The second-order valence-electron chi connectivity index (χ2n) is 7.37. The van der Waals surface area contributed by atoms with E-state index in [-0.39, 0.29) is 6.04 Å². The average Bonchev–Trinajstić information content (AvgIpc) is 2.99. The zero-order chi connectivity index (χ0) is 16.5. The monoisotopic (exact) mass is 323 g/mol. The number of hydrogen-bond donors (Lipinski definition) is 1. The summed E-state index contributed by atoms with van der Waals surface area (Å²) in [6, 6.07) is 15.2. The Kier molecular flexibility index (Phi) is 4.28. The van der Waals surface area contributed by atoms with E-state index in [1.54, 1.807) is 0 Å². The van der Waals surface area contributed by atoms with Gasteiger partial charge in [-0.3, -0.25) is 9.69 Å². The molecule has 1 heterocycles. The molecule has 126 valence electrons. The first-order chi connectivity index (χ1) is 11.7. The van der Waals surface area contributed by atoms with E-state index >= 15 is 0 Å². The Balaban J connectivity index is 1.50. The molecule has 1 saturated heterocycles. The summed E-state index contributed by atoms with van der Waals surface area (Å²) in [6.07, 6.45) is 6.68. The van der Waals surface area contributed by atoms with Gasteiger partial charge in [0.1, 0.15) is 6.04 Å². The van der Waals surface area contributed by atoms with Gasteiger partial charge in [-0.15, -0.1) is 0 Å². The van der Waals surface area contributed by atoms with Crippen molar-refractivity contribution in [3.8, 4) is 0 Å². The summed E-state index contributed by atoms with van der Waals surface area (Å²) in [6.45, 7) is 0.858. The van der Waals surface area contributed by atoms with Gasteiger partial charge in [-0.1, -0.05) is 55.3 Å². The Morgan fingerprint density at radius 1 is 1.08 bits per heavy atom. The number of nitrogens with zero attached hydrogens (tertiary/aromatic N) is 1. The number of aliphatic carboxylic acids is 1. The molecule has 2 fully saturated rings. The highest BCUT2D eigenvalue weighted by molar-refractivity contribution is 5.83. The highest BCUT2D eigenvalue weighted by Gasteiger charge is 2.44. The fourth-order valence-corrected chi connectivity index (χ4v) is 4.77. The summed E-state index contributed by atoms with van der Waals surface area (Å²) in [7, 11) is 0. The van der Waals surface area contributed by atoms with Gasteiger partial charge in [-0.05, 0) is 47.9 Å². The Morgan fingerprint density at radius 3 is 2.71 bits per heavy atom. The predicted octanol–water partition coefficient (Wildman–Crippen LogP) is 4.10. The van der Waals surface area contributed by atoms with Crippen LogP contribution in [0.3, 0.4) is 0 Å². The molecule has 0 radical (unpaired) electrons. The number of likely N-dealkylation sites (tertiary alicyclic amines) is 1. The molecule has 1 N–H and O–H groups in total. The van der Waals surface area contributed by atoms with Crippen LogP contribution in [0.2, 0.25) is 0 Å². The number of rotatable bonds is 4. The van der Waals surface area contributed by atoms with E-state index in [1.807, 2.05) is 0 Å². The summed E-state index contributed by atoms with van der Waals surface area (Å²) in [4.78, 5) is 14.0. The molecule has 1 aliphatic carbocycles. The van der Waals surface area contributed by atoms with Crippen molar-refractivity contribution in [2.75, 3.05) is 6.54 Å². The maximum atomic E-state index is 11.7. The van der Waals surface area contributed by atoms with E-state index < -0.39 is 5.97 Å². The normalized spacial score (nSPS) is 27.2. The molecule has 3 heteroatoms. The number of carboxylic acid groups (broad SMARTS) is 1. The van der Waals surface area contributed by atoms with Crippen LogP contribution < -0.4 is 0 Å². The molecule has 0 aromatic heterocycles. The van der Waals surface area contributed by atoms with Crippen molar-refractivity contribution in [3.63, 3.8) is 0 Å². The minimum atomic E-state index is -0.636. The first-order valence-corrected chi connectivity index (χ1v) is 9.18. The number of hydrogen-bond acceptors (Lipinski definition) is 2. The summed E-state index contributed by atoms with van der Waals surface area (Å²) in [5, 5.41) is 12.2. The van der Waals surface area contributed by atoms with Crippen LogP contribution in [0.1, 0.15) is 37.7 Å². The lowest BCUT2D eigenvalue weighted by Gasteiger charge is -2.33. The Bertz CT molecular complexity index is 741. The standard InChI is InChI=1S/C21H25NO2/c23-21(24)20-14-18-7-3-4-8-19(18)22(20)12-11-15-9-10-16-5-1-2-6-17(16)13-15/h1-2,5-6,9-10,13,18-20H,3-4,7-8,11-12,14H2,(H,23,24). The van der Waals surface area contributed by atoms with Crippen molar-refractivity contribution in [2.24, 2.45) is 5.92 Å². The summed E-state index contributed by atoms with van der Waals surface area (Å²) < 4.78 is 0. The molecule has 3 unspecified atom stereocenters. The minimum Gasteiger partial charge on any atom is -0.480 e. The van der Waals surface area contributed by atoms with Gasteiger partial charge in [0.15, 0.2) is 0 Å². The number of benzene rings is 2. The van der Waals surface area contributed by atoms with Crippen LogP contribution >= 0.6 is 0 Å². The molecule has 24 heavy (non-hydrogen) atoms. The quantitative estimate of drug-likeness (QED) is 0.921. The van der Waals surface area contributed by atoms with E-state index in [9.17, 15) is 9.90 Å². The summed E-state index contributed by atoms with van der Waals surface area (Å²) >= 11 is 0. The second-order valence-corrected chi connectivity index (χ2v) is 7.37. The lowest BCUT2D eigenvalue weighted by Crippen LogP contribution is -2.43. The van der Waals surface area contributed by atoms with Gasteiger partial charge in [-0.2, -0.15) is 0 Å². The van der Waals surface area contributed by atoms with E-state index in [0.717, 1.165) is 19.4 Å². The van der Waals surface area contributed by atoms with Crippen LogP contribution in [-0.4, -0.2) is 34.6 Å². The molecule has 2 aromatic rings. The first kappa shape index (κ1) is 15.6. The van der Waals surface area contributed by atoms with E-state index in [4.69, 9.17) is 0 Å². The molecule has 0 bridgehead atoms. The smallest absolute Gasteiger partial charge is 0.320 e. The molecular weight excluding hydrogens is 298 g/mol. The molecule has 2 aliphatic rings. The molecule has 2 aromatic carbocycles. The largest absolute Gasteiger partial charge is 0.480 e. The second kappa shape index (κ2) is 6.56. The topological polar surface area (TPSA) is 40.5 Å². The van der Waals surface area contributed by atoms with E-state index in [0.29, 0.717) is 12.0 Å². The van der Waals surface area contributed by atoms with Gasteiger partial charge in [0, 0.05) is 12.6 Å². The molecule has 4 rings (SSSR count). The van der Waals surface area contributed by atoms with Gasteiger partial charge >= 0.3 is 5.97 Å². The Morgan fingerprint density at radius 2 is 1.88 bits per heavy atom. The Labute approximate surface area is 143 Å². The van der Waals surface area contributed by atoms with Gasteiger partial charge in [0.25, 0.3) is 0 Å². The lowest BCUT2D eigenvalue weighted by molar-refractivity contribution is -0.142. The predicted molar refractivity (Wildman–Crippen MR) is 96.1 cm³/mol. The van der Waals surface area contributed by atoms with Crippen molar-refractivity contribution < 1.29 is 9.90 Å². The van der Waals surface area contributed by atoms with Gasteiger partial charge in [0.05, 0.1) is 0 Å². The van der Waals surface area contributed by atoms with Crippen molar-refractivity contribution in [2.45, 2.75) is 50.6 Å². The number of fused-ring (bicyclic) bond motifs is 2. The third-order valence-corrected chi connectivity index (χ3v) is 5.98. The lowest BCUT2D eigenvalue weighted by atomic mass is 9.84. The molecular formula is C21H25NO2. The Hall–Kier alpha value is -1.87. The zero-order valence-electron chi connectivity index (χ0n) is 14.0. The van der Waals surface area contributed by atoms with E-state index in [2.05, 4.69) is 47.4 Å². The number of carboxylic acids is 1. The molecule has 3 nitrogen and oxygen atoms in total. The van der Waals surface area contributed by atoms with Crippen LogP contribution in [0.25, 0.3) is 10.8 Å². The molecule has 1 aliphatic heterocycles. The highest BCUT2D eigenvalue weighted by Crippen LogP contribution is 2.39. The van der Waals surface area contributed by atoms with Gasteiger partial charge in [-0.25, -0.2) is 0 Å². The van der Waals surface area contributed by atoms with E-state index in [1.165, 1.54) is 42.0 Å². The van der Waals surface area contributed by atoms with Crippen LogP contribution in [0.15, 0.2) is 42.5 Å². The third kappa shape index (κ3) is 2.93. The van der Waals surface area contributed by atoms with Crippen molar-refractivity contribution in [1.82, 2.24) is 4.90 Å². The maximum absolute atomic E-state index is 11.7. The molecule has 0 spiro atoms. The zero-order valence-corrected chi connectivity index (χ0v) is 14.0.